The van der Waals surface area contributed by atoms with Crippen LogP contribution in [0.1, 0.15) is 48.0 Å². The zero-order valence-electron chi connectivity index (χ0n) is 16.9. The van der Waals surface area contributed by atoms with Crippen molar-refractivity contribution >= 4 is 23.9 Å². The molecule has 1 heterocycles. The van der Waals surface area contributed by atoms with Crippen molar-refractivity contribution in [1.82, 2.24) is 0 Å². The molecule has 0 aromatic rings. The van der Waals surface area contributed by atoms with E-state index in [1.807, 2.05) is 0 Å². The zero-order valence-corrected chi connectivity index (χ0v) is 16.9. The predicted octanol–water partition coefficient (Wildman–Crippen LogP) is 0.273. The summed E-state index contributed by atoms with van der Waals surface area (Å²) >= 11 is 0. The molecule has 28 heavy (non-hydrogen) atoms. The summed E-state index contributed by atoms with van der Waals surface area (Å²) in [6, 6.07) is 0. The number of carbonyl (C=O) groups excluding carboxylic acids is 4. The molecule has 0 spiro atoms. The van der Waals surface area contributed by atoms with Crippen LogP contribution in [0.15, 0.2) is 0 Å². The Balaban J connectivity index is 3.33. The summed E-state index contributed by atoms with van der Waals surface area (Å²) in [5, 5.41) is 10.2. The van der Waals surface area contributed by atoms with Gasteiger partial charge in [-0.1, -0.05) is 0 Å². The van der Waals surface area contributed by atoms with Crippen LogP contribution in [0, 0.1) is 0 Å². The van der Waals surface area contributed by atoms with Crippen molar-refractivity contribution in [2.75, 3.05) is 6.61 Å². The Labute approximate surface area is 163 Å². The van der Waals surface area contributed by atoms with Crippen molar-refractivity contribution in [1.29, 1.82) is 0 Å². The quantitative estimate of drug-likeness (QED) is 0.465. The maximum Gasteiger partial charge on any atom is 0.303 e. The number of rotatable bonds is 7. The van der Waals surface area contributed by atoms with Crippen LogP contribution in [0.4, 0.5) is 0 Å². The monoisotopic (exact) mass is 404 g/mol. The fourth-order valence-corrected chi connectivity index (χ4v) is 2.97. The Morgan fingerprint density at radius 1 is 0.786 bits per heavy atom. The van der Waals surface area contributed by atoms with E-state index in [1.165, 1.54) is 20.8 Å². The third kappa shape index (κ3) is 7.81. The van der Waals surface area contributed by atoms with Crippen LogP contribution in [0.5, 0.6) is 0 Å². The van der Waals surface area contributed by atoms with Crippen LogP contribution in [-0.4, -0.2) is 71.7 Å². The molecule has 1 N–H and O–H groups in total. The van der Waals surface area contributed by atoms with Gasteiger partial charge in [-0.2, -0.15) is 0 Å². The summed E-state index contributed by atoms with van der Waals surface area (Å²) in [6.07, 6.45) is -5.47. The minimum Gasteiger partial charge on any atom is -0.463 e. The molecular weight excluding hydrogens is 376 g/mol. The Hall–Kier alpha value is -2.20. The molecule has 0 radical (unpaired) electrons. The molecule has 0 aliphatic carbocycles. The average Bonchev–Trinajstić information content (AvgIpc) is 2.48. The smallest absolute Gasteiger partial charge is 0.303 e. The zero-order chi connectivity index (χ0) is 21.6. The summed E-state index contributed by atoms with van der Waals surface area (Å²) in [6.45, 7) is 7.43. The molecular formula is C18H28O10. The fourth-order valence-electron chi connectivity index (χ4n) is 2.97. The van der Waals surface area contributed by atoms with Gasteiger partial charge in [0.15, 0.2) is 18.3 Å². The van der Waals surface area contributed by atoms with E-state index in [9.17, 15) is 24.3 Å². The lowest BCUT2D eigenvalue weighted by atomic mass is 9.88. The topological polar surface area (TPSA) is 135 Å². The highest BCUT2D eigenvalue weighted by Crippen LogP contribution is 2.32. The lowest BCUT2D eigenvalue weighted by Crippen LogP contribution is -2.63. The van der Waals surface area contributed by atoms with Crippen molar-refractivity contribution in [3.63, 3.8) is 0 Å². The van der Waals surface area contributed by atoms with Crippen molar-refractivity contribution < 1.29 is 48.0 Å². The summed E-state index contributed by atoms with van der Waals surface area (Å²) in [4.78, 5) is 46.1. The second-order valence-electron chi connectivity index (χ2n) is 7.25. The molecule has 0 saturated carbocycles. The van der Waals surface area contributed by atoms with Crippen molar-refractivity contribution in [2.45, 2.75) is 84.1 Å². The van der Waals surface area contributed by atoms with E-state index in [-0.39, 0.29) is 13.0 Å². The van der Waals surface area contributed by atoms with Crippen molar-refractivity contribution in [3.8, 4) is 0 Å². The molecule has 1 aliphatic heterocycles. The predicted molar refractivity (Wildman–Crippen MR) is 92.9 cm³/mol. The molecule has 0 amide bonds. The lowest BCUT2D eigenvalue weighted by molar-refractivity contribution is -0.258. The molecule has 10 heteroatoms. The third-order valence-electron chi connectivity index (χ3n) is 3.79. The Bertz CT molecular complexity index is 594. The van der Waals surface area contributed by atoms with E-state index < -0.39 is 60.0 Å². The fraction of sp³-hybridized carbons (Fsp3) is 0.778. The third-order valence-corrected chi connectivity index (χ3v) is 3.79. The first-order valence-corrected chi connectivity index (χ1v) is 8.83. The van der Waals surface area contributed by atoms with Crippen LogP contribution >= 0.6 is 0 Å². The molecule has 0 unspecified atom stereocenters. The molecule has 0 bridgehead atoms. The van der Waals surface area contributed by atoms with Gasteiger partial charge >= 0.3 is 23.9 Å². The van der Waals surface area contributed by atoms with Crippen molar-refractivity contribution in [2.24, 2.45) is 0 Å². The molecule has 1 saturated heterocycles. The van der Waals surface area contributed by atoms with Crippen LogP contribution in [-0.2, 0) is 42.9 Å². The summed E-state index contributed by atoms with van der Waals surface area (Å²) in [5.41, 5.74) is -1.22. The van der Waals surface area contributed by atoms with Gasteiger partial charge < -0.3 is 28.8 Å². The number of ether oxygens (including phenoxy) is 5. The van der Waals surface area contributed by atoms with Crippen LogP contribution in [0.2, 0.25) is 0 Å². The summed E-state index contributed by atoms with van der Waals surface area (Å²) in [5.74, 6) is -2.66. The van der Waals surface area contributed by atoms with Gasteiger partial charge in [-0.3, -0.25) is 19.2 Å². The minimum absolute atomic E-state index is 0.00603. The second kappa shape index (κ2) is 9.83. The number of hydrogen-bond donors (Lipinski definition) is 1. The highest BCUT2D eigenvalue weighted by Gasteiger charge is 2.52. The minimum atomic E-state index is -1.22. The maximum absolute atomic E-state index is 11.7. The first-order chi connectivity index (χ1) is 12.8. The van der Waals surface area contributed by atoms with Crippen LogP contribution in [0.25, 0.3) is 0 Å². The Kier molecular flexibility index (Phi) is 8.37. The van der Waals surface area contributed by atoms with Gasteiger partial charge in [-0.05, 0) is 13.8 Å². The Morgan fingerprint density at radius 2 is 1.21 bits per heavy atom. The van der Waals surface area contributed by atoms with Gasteiger partial charge in [0.25, 0.3) is 0 Å². The first-order valence-electron chi connectivity index (χ1n) is 8.83. The Morgan fingerprint density at radius 3 is 1.61 bits per heavy atom. The van der Waals surface area contributed by atoms with E-state index in [2.05, 4.69) is 0 Å². The van der Waals surface area contributed by atoms with Crippen LogP contribution < -0.4 is 0 Å². The largest absolute Gasteiger partial charge is 0.463 e. The van der Waals surface area contributed by atoms with Gasteiger partial charge in [0.05, 0.1) is 5.60 Å². The first kappa shape index (κ1) is 23.8. The van der Waals surface area contributed by atoms with E-state index in [1.54, 1.807) is 0 Å². The van der Waals surface area contributed by atoms with Gasteiger partial charge in [0.2, 0.25) is 0 Å². The molecule has 10 nitrogen and oxygen atoms in total. The molecule has 1 fully saturated rings. The molecule has 1 rings (SSSR count). The van der Waals surface area contributed by atoms with Crippen LogP contribution in [0.3, 0.4) is 0 Å². The highest BCUT2D eigenvalue weighted by molar-refractivity contribution is 5.68. The van der Waals surface area contributed by atoms with Crippen molar-refractivity contribution in [3.05, 3.63) is 0 Å². The van der Waals surface area contributed by atoms with E-state index in [0.717, 1.165) is 20.8 Å². The molecule has 0 aromatic heterocycles. The number of carbonyl (C=O) groups is 4. The molecule has 1 aliphatic rings. The summed E-state index contributed by atoms with van der Waals surface area (Å²) < 4.78 is 26.7. The lowest BCUT2D eigenvalue weighted by Gasteiger charge is -2.45. The van der Waals surface area contributed by atoms with Gasteiger partial charge in [-0.25, -0.2) is 0 Å². The van der Waals surface area contributed by atoms with E-state index >= 15 is 0 Å². The molecule has 160 valence electrons. The SMILES string of the molecule is CC(=O)OC[C@H]1O[C@@H](CC(C)(C)O)[C@H](OC(C)=O)[C@@H](OC(C)=O)[C@H]1OC(C)=O. The second-order valence-corrected chi connectivity index (χ2v) is 7.25. The summed E-state index contributed by atoms with van der Waals surface area (Å²) in [7, 11) is 0. The highest BCUT2D eigenvalue weighted by atomic mass is 16.7. The molecule has 0 aromatic carbocycles. The number of hydrogen-bond acceptors (Lipinski definition) is 10. The standard InChI is InChI=1S/C18H28O10/c1-9(19)24-8-14-16(26-11(3)21)17(27-12(4)22)15(25-10(2)20)13(28-14)7-18(5,6)23/h13-17,23H,7-8H2,1-6H3/t13-,14+,15-,16-,17+/m0/s1. The molecule has 5 atom stereocenters. The van der Waals surface area contributed by atoms with Gasteiger partial charge in [0, 0.05) is 34.1 Å². The number of aliphatic hydroxyl groups is 1. The van der Waals surface area contributed by atoms with Gasteiger partial charge in [-0.15, -0.1) is 0 Å². The normalized spacial score (nSPS) is 27.5. The van der Waals surface area contributed by atoms with E-state index in [0.29, 0.717) is 0 Å². The maximum atomic E-state index is 11.7. The average molecular weight is 404 g/mol. The van der Waals surface area contributed by atoms with E-state index in [4.69, 9.17) is 23.7 Å². The van der Waals surface area contributed by atoms with Gasteiger partial charge in [0.1, 0.15) is 18.8 Å². The number of esters is 4.